The molecule has 2 fully saturated rings. The van der Waals surface area contributed by atoms with Gasteiger partial charge in [0, 0.05) is 4.75 Å². The van der Waals surface area contributed by atoms with Crippen LogP contribution in [0.25, 0.3) is 0 Å². The van der Waals surface area contributed by atoms with Gasteiger partial charge in [0.05, 0.1) is 6.61 Å². The summed E-state index contributed by atoms with van der Waals surface area (Å²) in [6, 6.07) is -0.506. The van der Waals surface area contributed by atoms with E-state index in [4.69, 9.17) is 4.74 Å². The molecule has 17 heavy (non-hydrogen) atoms. The summed E-state index contributed by atoms with van der Waals surface area (Å²) < 4.78 is 3.98. The molecule has 1 amide bonds. The van der Waals surface area contributed by atoms with Crippen LogP contribution in [0.5, 0.6) is 0 Å². The van der Waals surface area contributed by atoms with Gasteiger partial charge in [0.1, 0.15) is 11.4 Å². The number of carbonyl (C=O) groups excluding carboxylic acids is 2. The van der Waals surface area contributed by atoms with E-state index in [1.165, 1.54) is 0 Å². The summed E-state index contributed by atoms with van der Waals surface area (Å²) in [6.45, 7) is 6.01. The zero-order chi connectivity index (χ0) is 13.0. The van der Waals surface area contributed by atoms with Crippen molar-refractivity contribution >= 4 is 55.5 Å². The van der Waals surface area contributed by atoms with E-state index < -0.39 is 9.28 Å². The summed E-state index contributed by atoms with van der Waals surface area (Å²) in [6.07, 6.45) is 0. The van der Waals surface area contributed by atoms with E-state index in [1.54, 1.807) is 23.6 Å². The van der Waals surface area contributed by atoms with Crippen molar-refractivity contribution in [2.75, 3.05) is 6.61 Å². The van der Waals surface area contributed by atoms with E-state index in [0.29, 0.717) is 6.61 Å². The van der Waals surface area contributed by atoms with Crippen LogP contribution in [-0.4, -0.2) is 42.8 Å². The first-order chi connectivity index (χ1) is 7.73. The number of β-lactam (4-membered cyclic amide) rings is 1. The van der Waals surface area contributed by atoms with Crippen LogP contribution < -0.4 is 0 Å². The highest BCUT2D eigenvalue weighted by Crippen LogP contribution is 2.60. The molecule has 2 aliphatic heterocycles. The number of rotatable bonds is 2. The van der Waals surface area contributed by atoms with Crippen molar-refractivity contribution in [3.05, 3.63) is 0 Å². The summed E-state index contributed by atoms with van der Waals surface area (Å²) in [7, 11) is 0. The van der Waals surface area contributed by atoms with Crippen molar-refractivity contribution in [1.29, 1.82) is 0 Å². The molecule has 0 spiro atoms. The van der Waals surface area contributed by atoms with Crippen LogP contribution in [0.2, 0.25) is 0 Å². The number of thioether (sulfide) groups is 1. The normalized spacial score (nSPS) is 33.0. The average molecular weight is 387 g/mol. The molecular weight excluding hydrogens is 374 g/mol. The Morgan fingerprint density at radius 1 is 1.53 bits per heavy atom. The minimum atomic E-state index is -0.733. The van der Waals surface area contributed by atoms with Crippen LogP contribution in [0.1, 0.15) is 20.8 Å². The van der Waals surface area contributed by atoms with Crippen LogP contribution in [-0.2, 0) is 14.3 Å². The first-order valence-corrected chi connectivity index (χ1v) is 7.75. The molecule has 0 unspecified atom stereocenters. The molecule has 2 heterocycles. The van der Waals surface area contributed by atoms with Gasteiger partial charge in [-0.3, -0.25) is 4.79 Å². The molecule has 0 radical (unpaired) electrons. The van der Waals surface area contributed by atoms with E-state index >= 15 is 0 Å². The molecule has 0 aromatic rings. The van der Waals surface area contributed by atoms with E-state index in [1.807, 2.05) is 13.8 Å². The average Bonchev–Trinajstić information content (AvgIpc) is 2.48. The Kier molecular flexibility index (Phi) is 3.32. The fourth-order valence-electron chi connectivity index (χ4n) is 2.18. The van der Waals surface area contributed by atoms with E-state index in [9.17, 15) is 9.59 Å². The lowest BCUT2D eigenvalue weighted by Crippen LogP contribution is -2.68. The number of fused-ring (bicyclic) bond motifs is 1. The zero-order valence-corrected chi connectivity index (χ0v) is 13.7. The van der Waals surface area contributed by atoms with Gasteiger partial charge in [-0.1, -0.05) is 31.9 Å². The summed E-state index contributed by atoms with van der Waals surface area (Å²) in [5, 5.41) is -0.0700. The maximum absolute atomic E-state index is 12.0. The van der Waals surface area contributed by atoms with Crippen molar-refractivity contribution < 1.29 is 14.3 Å². The van der Waals surface area contributed by atoms with Crippen molar-refractivity contribution in [2.24, 2.45) is 0 Å². The molecule has 0 aliphatic carbocycles. The molecule has 7 heteroatoms. The molecule has 96 valence electrons. The van der Waals surface area contributed by atoms with Crippen molar-refractivity contribution in [3.63, 3.8) is 0 Å². The summed E-state index contributed by atoms with van der Waals surface area (Å²) >= 11 is 8.31. The van der Waals surface area contributed by atoms with Gasteiger partial charge in [-0.05, 0) is 20.8 Å². The van der Waals surface area contributed by atoms with E-state index in [2.05, 4.69) is 31.9 Å². The zero-order valence-electron chi connectivity index (χ0n) is 9.70. The standard InChI is InChI=1S/C10H13Br2NO3S/c1-4-16-6(14)5-9(2,3)17-8-10(11,12)7(15)13(5)8/h5,8H,4H2,1-3H3/t5-,8-/m1/s1. The summed E-state index contributed by atoms with van der Waals surface area (Å²) in [5.41, 5.74) is 0. The number of hydrogen-bond donors (Lipinski definition) is 0. The molecule has 0 N–H and O–H groups in total. The van der Waals surface area contributed by atoms with Crippen LogP contribution >= 0.6 is 43.6 Å². The Labute approximate surface area is 121 Å². The number of halogens is 2. The van der Waals surface area contributed by atoms with Gasteiger partial charge in [-0.15, -0.1) is 11.8 Å². The molecule has 0 saturated carbocycles. The second kappa shape index (κ2) is 4.13. The Bertz CT molecular complexity index is 386. The third-order valence-electron chi connectivity index (χ3n) is 2.94. The quantitative estimate of drug-likeness (QED) is 0.414. The van der Waals surface area contributed by atoms with Gasteiger partial charge in [-0.2, -0.15) is 0 Å². The second-order valence-corrected chi connectivity index (χ2v) is 9.86. The van der Waals surface area contributed by atoms with Crippen LogP contribution in [0, 0.1) is 0 Å². The van der Waals surface area contributed by atoms with Crippen molar-refractivity contribution in [1.82, 2.24) is 4.90 Å². The van der Waals surface area contributed by atoms with Gasteiger partial charge in [0.2, 0.25) is 0 Å². The lowest BCUT2D eigenvalue weighted by Gasteiger charge is -2.46. The number of nitrogens with zero attached hydrogens (tertiary/aromatic N) is 1. The number of esters is 1. The van der Waals surface area contributed by atoms with Gasteiger partial charge in [-0.25, -0.2) is 4.79 Å². The highest BCUT2D eigenvalue weighted by Gasteiger charge is 2.70. The van der Waals surface area contributed by atoms with Crippen molar-refractivity contribution in [3.8, 4) is 0 Å². The van der Waals surface area contributed by atoms with Gasteiger partial charge >= 0.3 is 5.97 Å². The molecule has 0 aromatic carbocycles. The number of hydrogen-bond acceptors (Lipinski definition) is 4. The highest BCUT2D eigenvalue weighted by atomic mass is 79.9. The Balaban J connectivity index is 2.28. The Hall–Kier alpha value is 0.250. The minimum Gasteiger partial charge on any atom is -0.464 e. The number of amides is 1. The van der Waals surface area contributed by atoms with Gasteiger partial charge in [0.15, 0.2) is 3.23 Å². The highest BCUT2D eigenvalue weighted by molar-refractivity contribution is 9.26. The molecule has 0 bridgehead atoms. The fraction of sp³-hybridized carbons (Fsp3) is 0.800. The van der Waals surface area contributed by atoms with E-state index in [-0.39, 0.29) is 22.0 Å². The van der Waals surface area contributed by atoms with E-state index in [0.717, 1.165) is 0 Å². The molecule has 2 atom stereocenters. The van der Waals surface area contributed by atoms with Gasteiger partial charge in [0.25, 0.3) is 5.91 Å². The maximum Gasteiger partial charge on any atom is 0.330 e. The maximum atomic E-state index is 12.0. The van der Waals surface area contributed by atoms with Crippen molar-refractivity contribution in [2.45, 2.75) is 40.2 Å². The third-order valence-corrected chi connectivity index (χ3v) is 6.73. The third kappa shape index (κ3) is 1.85. The second-order valence-electron chi connectivity index (χ2n) is 4.56. The number of ether oxygens (including phenoxy) is 1. The lowest BCUT2D eigenvalue weighted by atomic mass is 9.98. The van der Waals surface area contributed by atoms with Crippen LogP contribution in [0.15, 0.2) is 0 Å². The Morgan fingerprint density at radius 2 is 2.12 bits per heavy atom. The number of alkyl halides is 2. The van der Waals surface area contributed by atoms with Crippen LogP contribution in [0.4, 0.5) is 0 Å². The SMILES string of the molecule is CCOC(=O)[C@H]1N2C(=O)C(Br)(Br)[C@H]2SC1(C)C. The molecule has 2 aliphatic rings. The fourth-order valence-corrected chi connectivity index (χ4v) is 5.09. The summed E-state index contributed by atoms with van der Waals surface area (Å²) in [5.74, 6) is -0.435. The first-order valence-electron chi connectivity index (χ1n) is 5.28. The smallest absolute Gasteiger partial charge is 0.330 e. The lowest BCUT2D eigenvalue weighted by molar-refractivity contribution is -0.160. The summed E-state index contributed by atoms with van der Waals surface area (Å²) in [4.78, 5) is 25.5. The van der Waals surface area contributed by atoms with Crippen LogP contribution in [0.3, 0.4) is 0 Å². The Morgan fingerprint density at radius 3 is 2.65 bits per heavy atom. The molecule has 0 aromatic heterocycles. The monoisotopic (exact) mass is 385 g/mol. The minimum absolute atomic E-state index is 0.0700. The first kappa shape index (κ1) is 13.7. The molecule has 2 rings (SSSR count). The van der Waals surface area contributed by atoms with Gasteiger partial charge < -0.3 is 9.64 Å². The number of carbonyl (C=O) groups is 2. The largest absolute Gasteiger partial charge is 0.464 e. The predicted molar refractivity (Wildman–Crippen MR) is 73.3 cm³/mol. The molecular formula is C10H13Br2NO3S. The molecule has 2 saturated heterocycles. The molecule has 4 nitrogen and oxygen atoms in total. The predicted octanol–water partition coefficient (Wildman–Crippen LogP) is 2.10. The topological polar surface area (TPSA) is 46.6 Å².